The van der Waals surface area contributed by atoms with Gasteiger partial charge in [0.1, 0.15) is 5.60 Å². The van der Waals surface area contributed by atoms with Crippen molar-refractivity contribution in [2.75, 3.05) is 18.0 Å². The SMILES string of the molecule is Cc1cc(N2CC(O)(C3CC3)C2)c(Br)cc1[N+](=O)[O-]. The molecule has 19 heavy (non-hydrogen) atoms. The van der Waals surface area contributed by atoms with Crippen molar-refractivity contribution in [1.82, 2.24) is 0 Å². The lowest BCUT2D eigenvalue weighted by Gasteiger charge is -2.48. The normalized spacial score (nSPS) is 21.1. The molecule has 3 rings (SSSR count). The van der Waals surface area contributed by atoms with Gasteiger partial charge in [0.25, 0.3) is 5.69 Å². The number of aryl methyl sites for hydroxylation is 1. The maximum atomic E-state index is 10.9. The first-order valence-corrected chi connectivity index (χ1v) is 7.12. The fourth-order valence-corrected chi connectivity index (χ4v) is 3.34. The van der Waals surface area contributed by atoms with Crippen LogP contribution in [0.5, 0.6) is 0 Å². The summed E-state index contributed by atoms with van der Waals surface area (Å²) in [5.74, 6) is 0.446. The number of hydrogen-bond acceptors (Lipinski definition) is 4. The smallest absolute Gasteiger partial charge is 0.273 e. The number of nitro benzene ring substituents is 1. The third kappa shape index (κ3) is 2.12. The molecule has 5 nitrogen and oxygen atoms in total. The van der Waals surface area contributed by atoms with Crippen molar-refractivity contribution in [3.8, 4) is 0 Å². The molecule has 0 spiro atoms. The van der Waals surface area contributed by atoms with Gasteiger partial charge in [0.05, 0.1) is 10.6 Å². The van der Waals surface area contributed by atoms with Gasteiger partial charge in [-0.1, -0.05) is 0 Å². The van der Waals surface area contributed by atoms with Crippen LogP contribution in [0.1, 0.15) is 18.4 Å². The van der Waals surface area contributed by atoms with Crippen molar-refractivity contribution in [2.24, 2.45) is 5.92 Å². The quantitative estimate of drug-likeness (QED) is 0.685. The standard InChI is InChI=1S/C13H15BrN2O3/c1-8-4-12(10(14)5-11(8)16(18)19)15-6-13(17,7-15)9-2-3-9/h4-5,9,17H,2-3,6-7H2,1H3. The lowest BCUT2D eigenvalue weighted by Crippen LogP contribution is -2.63. The van der Waals surface area contributed by atoms with E-state index in [-0.39, 0.29) is 10.6 Å². The molecule has 0 aromatic heterocycles. The number of halogens is 1. The highest BCUT2D eigenvalue weighted by Crippen LogP contribution is 2.47. The average Bonchev–Trinajstić information content (AvgIpc) is 3.11. The molecule has 2 fully saturated rings. The minimum atomic E-state index is -0.547. The van der Waals surface area contributed by atoms with E-state index in [1.54, 1.807) is 13.0 Å². The molecule has 6 heteroatoms. The second-order valence-electron chi connectivity index (χ2n) is 5.58. The summed E-state index contributed by atoms with van der Waals surface area (Å²) in [5, 5.41) is 21.2. The highest BCUT2D eigenvalue weighted by Gasteiger charge is 2.52. The van der Waals surface area contributed by atoms with Crippen LogP contribution in [0.2, 0.25) is 0 Å². The predicted molar refractivity (Wildman–Crippen MR) is 75.4 cm³/mol. The Morgan fingerprint density at radius 1 is 1.47 bits per heavy atom. The highest BCUT2D eigenvalue weighted by atomic mass is 79.9. The van der Waals surface area contributed by atoms with Crippen LogP contribution in [0, 0.1) is 23.0 Å². The first-order valence-electron chi connectivity index (χ1n) is 6.32. The fraction of sp³-hybridized carbons (Fsp3) is 0.538. The second kappa shape index (κ2) is 4.18. The maximum absolute atomic E-state index is 10.9. The number of benzene rings is 1. The van der Waals surface area contributed by atoms with Gasteiger partial charge in [-0.25, -0.2) is 0 Å². The van der Waals surface area contributed by atoms with Crippen LogP contribution < -0.4 is 4.90 Å². The molecule has 1 aliphatic carbocycles. The van der Waals surface area contributed by atoms with Crippen molar-refractivity contribution in [2.45, 2.75) is 25.4 Å². The van der Waals surface area contributed by atoms with E-state index in [2.05, 4.69) is 20.8 Å². The Hall–Kier alpha value is -1.14. The summed E-state index contributed by atoms with van der Waals surface area (Å²) in [6, 6.07) is 3.36. The number of nitrogens with zero attached hydrogens (tertiary/aromatic N) is 2. The summed E-state index contributed by atoms with van der Waals surface area (Å²) in [7, 11) is 0. The monoisotopic (exact) mass is 326 g/mol. The first kappa shape index (κ1) is 12.9. The molecule has 1 saturated carbocycles. The van der Waals surface area contributed by atoms with Crippen LogP contribution >= 0.6 is 15.9 Å². The zero-order chi connectivity index (χ0) is 13.8. The van der Waals surface area contributed by atoms with Crippen molar-refractivity contribution in [1.29, 1.82) is 0 Å². The van der Waals surface area contributed by atoms with Crippen LogP contribution in [0.25, 0.3) is 0 Å². The van der Waals surface area contributed by atoms with Crippen molar-refractivity contribution in [3.63, 3.8) is 0 Å². The van der Waals surface area contributed by atoms with E-state index in [1.807, 2.05) is 6.07 Å². The molecule has 1 aliphatic heterocycles. The molecule has 0 unspecified atom stereocenters. The van der Waals surface area contributed by atoms with E-state index in [1.165, 1.54) is 0 Å². The van der Waals surface area contributed by atoms with E-state index in [9.17, 15) is 15.2 Å². The van der Waals surface area contributed by atoms with Gasteiger partial charge >= 0.3 is 0 Å². The van der Waals surface area contributed by atoms with Gasteiger partial charge in [-0.05, 0) is 47.7 Å². The van der Waals surface area contributed by atoms with E-state index < -0.39 is 5.60 Å². The number of hydrogen-bond donors (Lipinski definition) is 1. The highest BCUT2D eigenvalue weighted by molar-refractivity contribution is 9.10. The number of anilines is 1. The van der Waals surface area contributed by atoms with Crippen LogP contribution in [-0.2, 0) is 0 Å². The third-order valence-corrected chi connectivity index (χ3v) is 4.70. The third-order valence-electron chi connectivity index (χ3n) is 4.07. The predicted octanol–water partition coefficient (Wildman–Crippen LogP) is 2.63. The molecule has 0 bridgehead atoms. The van der Waals surface area contributed by atoms with E-state index in [0.29, 0.717) is 29.0 Å². The molecule has 102 valence electrons. The Morgan fingerprint density at radius 3 is 2.63 bits per heavy atom. The number of rotatable bonds is 3. The minimum absolute atomic E-state index is 0.119. The summed E-state index contributed by atoms with van der Waals surface area (Å²) < 4.78 is 0.711. The summed E-state index contributed by atoms with van der Waals surface area (Å²) >= 11 is 3.39. The summed E-state index contributed by atoms with van der Waals surface area (Å²) in [5.41, 5.74) is 1.14. The zero-order valence-corrected chi connectivity index (χ0v) is 12.2. The molecule has 2 aliphatic rings. The number of β-amino-alcohol motifs (C(OH)–C–C–N with tert-alkyl or cyclic N) is 1. The van der Waals surface area contributed by atoms with Crippen molar-refractivity contribution < 1.29 is 10.0 Å². The van der Waals surface area contributed by atoms with Gasteiger partial charge in [0, 0.05) is 29.2 Å². The lowest BCUT2D eigenvalue weighted by molar-refractivity contribution is -0.385. The van der Waals surface area contributed by atoms with Gasteiger partial charge < -0.3 is 10.0 Å². The van der Waals surface area contributed by atoms with Crippen LogP contribution in [0.3, 0.4) is 0 Å². The molecule has 1 saturated heterocycles. The van der Waals surface area contributed by atoms with E-state index >= 15 is 0 Å². The van der Waals surface area contributed by atoms with Crippen molar-refractivity contribution in [3.05, 3.63) is 32.3 Å². The molecular weight excluding hydrogens is 312 g/mol. The Morgan fingerprint density at radius 2 is 2.11 bits per heavy atom. The molecule has 1 aromatic carbocycles. The van der Waals surface area contributed by atoms with E-state index in [0.717, 1.165) is 18.5 Å². The van der Waals surface area contributed by atoms with E-state index in [4.69, 9.17) is 0 Å². The number of aliphatic hydroxyl groups is 1. The average molecular weight is 327 g/mol. The Kier molecular flexibility index (Phi) is 2.83. The first-order chi connectivity index (χ1) is 8.90. The second-order valence-corrected chi connectivity index (χ2v) is 6.44. The van der Waals surface area contributed by atoms with Gasteiger partial charge in [-0.15, -0.1) is 0 Å². The number of nitro groups is 1. The van der Waals surface area contributed by atoms with Crippen LogP contribution in [0.15, 0.2) is 16.6 Å². The largest absolute Gasteiger partial charge is 0.386 e. The summed E-state index contributed by atoms with van der Waals surface area (Å²) in [6.45, 7) is 2.97. The Labute approximate surface area is 119 Å². The molecular formula is C13H15BrN2O3. The van der Waals surface area contributed by atoms with Crippen LogP contribution in [0.4, 0.5) is 11.4 Å². The molecule has 1 heterocycles. The van der Waals surface area contributed by atoms with Crippen molar-refractivity contribution >= 4 is 27.3 Å². The fourth-order valence-electron chi connectivity index (χ4n) is 2.76. The topological polar surface area (TPSA) is 66.6 Å². The summed E-state index contributed by atoms with van der Waals surface area (Å²) in [4.78, 5) is 12.6. The Bertz CT molecular complexity index is 551. The maximum Gasteiger partial charge on any atom is 0.273 e. The minimum Gasteiger partial charge on any atom is -0.386 e. The van der Waals surface area contributed by atoms with Gasteiger partial charge in [-0.2, -0.15) is 0 Å². The molecule has 0 radical (unpaired) electrons. The summed E-state index contributed by atoms with van der Waals surface area (Å²) in [6.07, 6.45) is 2.23. The van der Waals surface area contributed by atoms with Gasteiger partial charge in [0.15, 0.2) is 0 Å². The van der Waals surface area contributed by atoms with Gasteiger partial charge in [-0.3, -0.25) is 10.1 Å². The molecule has 1 aromatic rings. The Balaban J connectivity index is 1.83. The molecule has 0 amide bonds. The lowest BCUT2D eigenvalue weighted by atomic mass is 9.88. The molecule has 1 N–H and O–H groups in total. The van der Waals surface area contributed by atoms with Gasteiger partial charge in [0.2, 0.25) is 0 Å². The molecule has 0 atom stereocenters. The van der Waals surface area contributed by atoms with Crippen LogP contribution in [-0.4, -0.2) is 28.7 Å². The zero-order valence-electron chi connectivity index (χ0n) is 10.6.